The van der Waals surface area contributed by atoms with Crippen molar-refractivity contribution in [3.8, 4) is 0 Å². The summed E-state index contributed by atoms with van der Waals surface area (Å²) in [7, 11) is 0. The first-order chi connectivity index (χ1) is 7.93. The van der Waals surface area contributed by atoms with Crippen molar-refractivity contribution in [3.63, 3.8) is 0 Å². The molecule has 0 aliphatic heterocycles. The Morgan fingerprint density at radius 2 is 1.71 bits per heavy atom. The van der Waals surface area contributed by atoms with Crippen molar-refractivity contribution in [1.29, 1.82) is 0 Å². The van der Waals surface area contributed by atoms with E-state index in [-0.39, 0.29) is 17.9 Å². The van der Waals surface area contributed by atoms with Gasteiger partial charge in [0.15, 0.2) is 0 Å². The highest BCUT2D eigenvalue weighted by Crippen LogP contribution is 2.36. The monoisotopic (exact) mass is 240 g/mol. The van der Waals surface area contributed by atoms with Gasteiger partial charge in [0.25, 0.3) is 0 Å². The van der Waals surface area contributed by atoms with Crippen molar-refractivity contribution in [2.24, 2.45) is 5.73 Å². The Morgan fingerprint density at radius 1 is 1.12 bits per heavy atom. The first-order valence-corrected chi connectivity index (χ1v) is 6.25. The molecule has 2 fully saturated rings. The van der Waals surface area contributed by atoms with Crippen molar-refractivity contribution in [2.45, 2.75) is 62.4 Å². The number of aliphatic carboxylic acids is 1. The van der Waals surface area contributed by atoms with E-state index in [1.54, 1.807) is 0 Å². The van der Waals surface area contributed by atoms with Crippen LogP contribution in [-0.2, 0) is 9.59 Å². The molecule has 0 unspecified atom stereocenters. The zero-order valence-electron chi connectivity index (χ0n) is 10.00. The van der Waals surface area contributed by atoms with E-state index in [1.807, 2.05) is 0 Å². The normalized spacial score (nSPS) is 24.3. The standard InChI is InChI=1S/C12H20N2O3/c13-11(3-1-4-11)7-9(15)14-12(5-2-6-12)8-10(16)17/h1-8,13H2,(H,14,15)(H,16,17). The Kier molecular flexibility index (Phi) is 3.12. The van der Waals surface area contributed by atoms with E-state index in [0.29, 0.717) is 6.42 Å². The van der Waals surface area contributed by atoms with Gasteiger partial charge in [0, 0.05) is 12.0 Å². The van der Waals surface area contributed by atoms with Gasteiger partial charge in [-0.25, -0.2) is 0 Å². The first kappa shape index (κ1) is 12.4. The molecule has 5 heteroatoms. The Labute approximate surface area is 101 Å². The van der Waals surface area contributed by atoms with Crippen molar-refractivity contribution in [2.75, 3.05) is 0 Å². The summed E-state index contributed by atoms with van der Waals surface area (Å²) < 4.78 is 0. The number of hydrogen-bond acceptors (Lipinski definition) is 3. The van der Waals surface area contributed by atoms with Crippen LogP contribution in [0.15, 0.2) is 0 Å². The lowest BCUT2D eigenvalue weighted by atomic mass is 9.72. The number of carbonyl (C=O) groups is 2. The average molecular weight is 240 g/mol. The van der Waals surface area contributed by atoms with Crippen LogP contribution in [0.2, 0.25) is 0 Å². The van der Waals surface area contributed by atoms with E-state index in [4.69, 9.17) is 10.8 Å². The maximum absolute atomic E-state index is 11.9. The summed E-state index contributed by atoms with van der Waals surface area (Å²) in [5.74, 6) is -0.941. The van der Waals surface area contributed by atoms with Crippen LogP contribution in [-0.4, -0.2) is 28.1 Å². The molecule has 0 atom stereocenters. The summed E-state index contributed by atoms with van der Waals surface area (Å²) in [6, 6.07) is 0. The number of amides is 1. The molecule has 1 amide bonds. The number of nitrogens with two attached hydrogens (primary N) is 1. The van der Waals surface area contributed by atoms with Crippen molar-refractivity contribution in [3.05, 3.63) is 0 Å². The predicted octanol–water partition coefficient (Wildman–Crippen LogP) is 0.771. The van der Waals surface area contributed by atoms with E-state index in [0.717, 1.165) is 38.5 Å². The molecule has 2 rings (SSSR count). The fourth-order valence-corrected chi connectivity index (χ4v) is 2.71. The molecular weight excluding hydrogens is 220 g/mol. The molecule has 0 bridgehead atoms. The van der Waals surface area contributed by atoms with Gasteiger partial charge in [0.1, 0.15) is 0 Å². The largest absolute Gasteiger partial charge is 0.481 e. The van der Waals surface area contributed by atoms with Gasteiger partial charge < -0.3 is 16.2 Å². The van der Waals surface area contributed by atoms with E-state index < -0.39 is 11.5 Å². The van der Waals surface area contributed by atoms with E-state index in [2.05, 4.69) is 5.32 Å². The molecule has 2 saturated carbocycles. The third kappa shape index (κ3) is 2.77. The van der Waals surface area contributed by atoms with Gasteiger partial charge in [-0.2, -0.15) is 0 Å². The van der Waals surface area contributed by atoms with E-state index >= 15 is 0 Å². The van der Waals surface area contributed by atoms with Crippen LogP contribution >= 0.6 is 0 Å². The van der Waals surface area contributed by atoms with E-state index in [9.17, 15) is 9.59 Å². The third-order valence-electron chi connectivity index (χ3n) is 4.07. The average Bonchev–Trinajstić information content (AvgIpc) is 2.11. The Hall–Kier alpha value is -1.10. The molecule has 0 aromatic heterocycles. The summed E-state index contributed by atoms with van der Waals surface area (Å²) in [6.45, 7) is 0. The molecule has 96 valence electrons. The highest BCUT2D eigenvalue weighted by atomic mass is 16.4. The van der Waals surface area contributed by atoms with Crippen LogP contribution in [0.5, 0.6) is 0 Å². The topological polar surface area (TPSA) is 92.4 Å². The molecule has 0 saturated heterocycles. The van der Waals surface area contributed by atoms with Gasteiger partial charge in [0.05, 0.1) is 12.0 Å². The van der Waals surface area contributed by atoms with Crippen molar-refractivity contribution < 1.29 is 14.7 Å². The molecule has 0 aromatic carbocycles. The van der Waals surface area contributed by atoms with Gasteiger partial charge in [-0.05, 0) is 38.5 Å². The van der Waals surface area contributed by atoms with Gasteiger partial charge >= 0.3 is 5.97 Å². The summed E-state index contributed by atoms with van der Waals surface area (Å²) >= 11 is 0. The number of carbonyl (C=O) groups excluding carboxylic acids is 1. The number of nitrogens with one attached hydrogen (secondary N) is 1. The fourth-order valence-electron chi connectivity index (χ4n) is 2.71. The molecule has 0 aromatic rings. The van der Waals surface area contributed by atoms with Gasteiger partial charge in [0.2, 0.25) is 5.91 Å². The number of rotatable bonds is 5. The predicted molar refractivity (Wildman–Crippen MR) is 62.4 cm³/mol. The lowest BCUT2D eigenvalue weighted by Gasteiger charge is -2.43. The van der Waals surface area contributed by atoms with E-state index in [1.165, 1.54) is 0 Å². The molecule has 2 aliphatic carbocycles. The van der Waals surface area contributed by atoms with Crippen LogP contribution in [0.25, 0.3) is 0 Å². The van der Waals surface area contributed by atoms with Crippen molar-refractivity contribution in [1.82, 2.24) is 5.32 Å². The fraction of sp³-hybridized carbons (Fsp3) is 0.833. The SMILES string of the molecule is NC1(CC(=O)NC2(CC(=O)O)CCC2)CCC1. The van der Waals surface area contributed by atoms with Gasteiger partial charge in [-0.1, -0.05) is 0 Å². The zero-order chi connectivity index (χ0) is 12.5. The first-order valence-electron chi connectivity index (χ1n) is 6.25. The summed E-state index contributed by atoms with van der Waals surface area (Å²) in [4.78, 5) is 22.6. The molecule has 17 heavy (non-hydrogen) atoms. The quantitative estimate of drug-likeness (QED) is 0.662. The minimum absolute atomic E-state index is 0.0241. The Bertz CT molecular complexity index is 333. The zero-order valence-corrected chi connectivity index (χ0v) is 10.00. The molecule has 4 N–H and O–H groups in total. The Morgan fingerprint density at radius 3 is 2.06 bits per heavy atom. The van der Waals surface area contributed by atoms with Crippen LogP contribution in [0, 0.1) is 0 Å². The number of carboxylic acid groups (broad SMARTS) is 1. The molecule has 0 radical (unpaired) electrons. The minimum atomic E-state index is -0.851. The second-order valence-corrected chi connectivity index (χ2v) is 5.65. The highest BCUT2D eigenvalue weighted by molar-refractivity contribution is 5.79. The maximum atomic E-state index is 11.9. The summed E-state index contributed by atoms with van der Waals surface area (Å²) in [5.41, 5.74) is 5.17. The third-order valence-corrected chi connectivity index (χ3v) is 4.07. The van der Waals surface area contributed by atoms with Crippen LogP contribution in [0.1, 0.15) is 51.4 Å². The smallest absolute Gasteiger partial charge is 0.305 e. The molecule has 0 heterocycles. The maximum Gasteiger partial charge on any atom is 0.305 e. The summed E-state index contributed by atoms with van der Waals surface area (Å²) in [6.07, 6.45) is 5.75. The second-order valence-electron chi connectivity index (χ2n) is 5.65. The van der Waals surface area contributed by atoms with Crippen LogP contribution in [0.4, 0.5) is 0 Å². The Balaban J connectivity index is 1.86. The molecule has 5 nitrogen and oxygen atoms in total. The number of carboxylic acids is 1. The van der Waals surface area contributed by atoms with Crippen molar-refractivity contribution >= 4 is 11.9 Å². The van der Waals surface area contributed by atoms with Gasteiger partial charge in [-0.3, -0.25) is 9.59 Å². The lowest BCUT2D eigenvalue weighted by molar-refractivity contribution is -0.140. The lowest BCUT2D eigenvalue weighted by Crippen LogP contribution is -2.57. The summed E-state index contributed by atoms with van der Waals surface area (Å²) in [5, 5.41) is 11.7. The van der Waals surface area contributed by atoms with Crippen LogP contribution < -0.4 is 11.1 Å². The second kappa shape index (κ2) is 4.29. The minimum Gasteiger partial charge on any atom is -0.481 e. The van der Waals surface area contributed by atoms with Crippen LogP contribution in [0.3, 0.4) is 0 Å². The highest BCUT2D eigenvalue weighted by Gasteiger charge is 2.42. The molecule has 0 spiro atoms. The number of hydrogen-bond donors (Lipinski definition) is 3. The molecule has 2 aliphatic rings. The van der Waals surface area contributed by atoms with Gasteiger partial charge in [-0.15, -0.1) is 0 Å². The molecular formula is C12H20N2O3.